The smallest absolute Gasteiger partial charge is 0.414 e. The number of hydrogen-bond acceptors (Lipinski definition) is 20. The van der Waals surface area contributed by atoms with E-state index in [1.807, 2.05) is 0 Å². The summed E-state index contributed by atoms with van der Waals surface area (Å²) in [4.78, 5) is 131. The molecule has 3 aromatic carbocycles. The summed E-state index contributed by atoms with van der Waals surface area (Å²) in [6, 6.07) is 13.1. The Morgan fingerprint density at radius 3 is 1.70 bits per heavy atom. The number of fused-ring (bicyclic) bond motifs is 1. The number of aliphatic carboxylic acids is 1. The Bertz CT molecular complexity index is 2800. The van der Waals surface area contributed by atoms with Gasteiger partial charge in [-0.15, -0.1) is 11.8 Å². The van der Waals surface area contributed by atoms with E-state index >= 15 is 0 Å². The minimum atomic E-state index is -1.51. The summed E-state index contributed by atoms with van der Waals surface area (Å²) in [6.07, 6.45) is -6.31. The molecule has 7 rings (SSSR count). The number of nitro benzene ring substituents is 3. The monoisotopic (exact) mass is 1090 g/mol. The van der Waals surface area contributed by atoms with Crippen LogP contribution in [0, 0.1) is 42.2 Å². The minimum Gasteiger partial charge on any atom is -0.477 e. The molecule has 4 aliphatic heterocycles. The van der Waals surface area contributed by atoms with Gasteiger partial charge in [0.25, 0.3) is 17.1 Å². The quantitative estimate of drug-likeness (QED) is 0.0251. The number of hydrogen-bond donors (Lipinski definition) is 6. The van der Waals surface area contributed by atoms with Crippen molar-refractivity contribution in [2.24, 2.45) is 16.8 Å². The molecule has 0 bridgehead atoms. The number of carboxylic acids is 1. The molecule has 29 nitrogen and oxygen atoms in total. The van der Waals surface area contributed by atoms with Gasteiger partial charge >= 0.3 is 24.2 Å². The summed E-state index contributed by atoms with van der Waals surface area (Å²) in [7, 11) is 0. The average Bonchev–Trinajstić information content (AvgIpc) is 3.91. The van der Waals surface area contributed by atoms with Gasteiger partial charge in [0, 0.05) is 72.1 Å². The molecule has 3 fully saturated rings. The molecule has 1 unspecified atom stereocenters. The van der Waals surface area contributed by atoms with Crippen LogP contribution in [0.4, 0.5) is 31.4 Å². The Kier molecular flexibility index (Phi) is 17.6. The van der Waals surface area contributed by atoms with Crippen LogP contribution >= 0.6 is 11.8 Å². The van der Waals surface area contributed by atoms with Crippen LogP contribution in [0.25, 0.3) is 0 Å². The number of carbonyl (C=O) groups is 7. The first-order valence-electron chi connectivity index (χ1n) is 23.5. The van der Waals surface area contributed by atoms with Gasteiger partial charge in [-0.05, 0) is 66.4 Å². The van der Waals surface area contributed by atoms with E-state index in [9.17, 15) is 79.2 Å². The molecule has 4 aliphatic rings. The molecule has 0 aliphatic carbocycles. The zero-order valence-electron chi connectivity index (χ0n) is 40.8. The second-order valence-corrected chi connectivity index (χ2v) is 19.5. The van der Waals surface area contributed by atoms with Gasteiger partial charge in [-0.2, -0.15) is 0 Å². The van der Waals surface area contributed by atoms with E-state index in [1.165, 1.54) is 89.5 Å². The lowest BCUT2D eigenvalue weighted by molar-refractivity contribution is -0.385. The number of benzene rings is 3. The standard InChI is InChI=1S/C47H50N10O19S/c1-24-38-37(25(2)58)42(62)54(38)39(43(63)64)40(24)77-34-16-35(53(20-34)47(67)76-23-28-7-13-32(14-8-28)57(72)73)41(61)52-18-29(19-52)49-36(60)15-33(59)17-48-44(50-45(65)74-21-26-3-9-30(10-4-26)55(68)69)51-46(66)75-22-27-5-11-31(12-6-27)56(70)71/h3-14,24-25,29,33-35,37-38,58-59H,15-23H2,1-2H3,(H,49,60)(H,63,64)(H2,48,50,51,65,66)/t24-,25-,33?,34+,35+,37-,38-/m1/s1. The first-order valence-corrected chi connectivity index (χ1v) is 24.4. The number of guanidine groups is 1. The second-order valence-electron chi connectivity index (χ2n) is 18.2. The number of amides is 6. The van der Waals surface area contributed by atoms with Crippen molar-refractivity contribution in [3.05, 3.63) is 130 Å². The van der Waals surface area contributed by atoms with E-state index in [4.69, 9.17) is 14.2 Å². The second kappa shape index (κ2) is 24.3. The number of thioether (sulfide) groups is 1. The number of aliphatic imine (C=N–C) groups is 1. The van der Waals surface area contributed by atoms with Gasteiger partial charge in [-0.3, -0.25) is 60.3 Å². The SMILES string of the molecule is C[C@@H](O)[C@H]1C(=O)N2C(C(=O)O)=C(S[C@H]3C[C@@H](C(=O)N4CC(NC(=O)CC(O)CN=C(NC(=O)OCc5ccc([N+](=O)[O-])cc5)NC(=O)OCc5ccc([N+](=O)[O-])cc5)C4)N(C(=O)OCc4ccc([N+](=O)[O-])cc4)C3)[C@H](C)[C@H]12. The third-order valence-electron chi connectivity index (χ3n) is 12.8. The van der Waals surface area contributed by atoms with Gasteiger partial charge in [-0.25, -0.2) is 24.2 Å². The predicted octanol–water partition coefficient (Wildman–Crippen LogP) is 2.66. The van der Waals surface area contributed by atoms with E-state index in [0.717, 1.165) is 16.7 Å². The summed E-state index contributed by atoms with van der Waals surface area (Å²) in [5, 5.41) is 70.9. The fourth-order valence-electron chi connectivity index (χ4n) is 8.94. The molecule has 6 N–H and O–H groups in total. The fourth-order valence-corrected chi connectivity index (χ4v) is 10.5. The molecule has 0 spiro atoms. The third kappa shape index (κ3) is 13.6. The highest BCUT2D eigenvalue weighted by Crippen LogP contribution is 2.52. The van der Waals surface area contributed by atoms with Crippen LogP contribution in [0.5, 0.6) is 0 Å². The highest BCUT2D eigenvalue weighted by atomic mass is 32.2. The number of carbonyl (C=O) groups excluding carboxylic acids is 6. The van der Waals surface area contributed by atoms with Crippen molar-refractivity contribution in [2.75, 3.05) is 26.2 Å². The van der Waals surface area contributed by atoms with Crippen molar-refractivity contribution < 1.29 is 77.9 Å². The first kappa shape index (κ1) is 56.0. The molecular formula is C47H50N10O19S. The first-order chi connectivity index (χ1) is 36.6. The van der Waals surface area contributed by atoms with Crippen LogP contribution in [-0.4, -0.2) is 154 Å². The molecule has 77 heavy (non-hydrogen) atoms. The summed E-state index contributed by atoms with van der Waals surface area (Å²) >= 11 is 1.11. The Morgan fingerprint density at radius 1 is 0.766 bits per heavy atom. The van der Waals surface area contributed by atoms with Crippen LogP contribution in [0.2, 0.25) is 0 Å². The van der Waals surface area contributed by atoms with Crippen LogP contribution in [0.3, 0.4) is 0 Å². The molecule has 7 atom stereocenters. The lowest BCUT2D eigenvalue weighted by Crippen LogP contribution is -2.64. The fraction of sp³-hybridized carbons (Fsp3) is 0.404. The molecule has 3 saturated heterocycles. The normalized spacial score (nSPS) is 20.3. The molecule has 3 aromatic rings. The minimum absolute atomic E-state index is 0.0222. The Hall–Kier alpha value is -8.77. The van der Waals surface area contributed by atoms with E-state index in [2.05, 4.69) is 20.9 Å². The van der Waals surface area contributed by atoms with Crippen molar-refractivity contribution in [1.29, 1.82) is 0 Å². The Labute approximate surface area is 439 Å². The lowest BCUT2D eigenvalue weighted by Gasteiger charge is -2.46. The van der Waals surface area contributed by atoms with Crippen molar-refractivity contribution in [1.82, 2.24) is 30.7 Å². The van der Waals surface area contributed by atoms with Crippen molar-refractivity contribution >= 4 is 76.8 Å². The molecular weight excluding hydrogens is 1040 g/mol. The zero-order valence-corrected chi connectivity index (χ0v) is 41.6. The number of nitrogens with one attached hydrogen (secondary N) is 3. The largest absolute Gasteiger partial charge is 0.477 e. The number of likely N-dealkylation sites (tertiary alicyclic amines) is 2. The molecule has 0 aromatic heterocycles. The number of non-ortho nitro benzene ring substituents is 3. The van der Waals surface area contributed by atoms with Crippen molar-refractivity contribution in [3.63, 3.8) is 0 Å². The summed E-state index contributed by atoms with van der Waals surface area (Å²) in [6.45, 7) is 1.43. The van der Waals surface area contributed by atoms with Gasteiger partial charge in [-0.1, -0.05) is 6.92 Å². The summed E-state index contributed by atoms with van der Waals surface area (Å²) in [5.74, 6) is -4.99. The zero-order chi connectivity index (χ0) is 55.8. The molecule has 0 saturated carbocycles. The van der Waals surface area contributed by atoms with Crippen LogP contribution in [0.15, 0.2) is 88.4 Å². The molecule has 0 radical (unpaired) electrons. The van der Waals surface area contributed by atoms with E-state index in [1.54, 1.807) is 6.92 Å². The maximum Gasteiger partial charge on any atom is 0.414 e. The van der Waals surface area contributed by atoms with Crippen LogP contribution in [-0.2, 0) is 53.2 Å². The van der Waals surface area contributed by atoms with Crippen molar-refractivity contribution in [3.8, 4) is 0 Å². The summed E-state index contributed by atoms with van der Waals surface area (Å²) < 4.78 is 15.8. The molecule has 6 amide bonds. The number of aliphatic hydroxyl groups is 2. The van der Waals surface area contributed by atoms with Gasteiger partial charge < -0.3 is 44.6 Å². The third-order valence-corrected chi connectivity index (χ3v) is 14.3. The number of nitro groups is 3. The predicted molar refractivity (Wildman–Crippen MR) is 264 cm³/mol. The number of β-lactam (4-membered cyclic amide) rings is 1. The van der Waals surface area contributed by atoms with Crippen LogP contribution < -0.4 is 16.0 Å². The van der Waals surface area contributed by atoms with Crippen LogP contribution in [0.1, 0.15) is 43.4 Å². The van der Waals surface area contributed by atoms with Gasteiger partial charge in [0.05, 0.1) is 57.9 Å². The van der Waals surface area contributed by atoms with E-state index in [-0.39, 0.29) is 68.6 Å². The molecule has 30 heteroatoms. The number of ether oxygens (including phenoxy) is 3. The average molecular weight is 1090 g/mol. The lowest BCUT2D eigenvalue weighted by atomic mass is 9.79. The Balaban J connectivity index is 0.952. The highest BCUT2D eigenvalue weighted by Gasteiger charge is 2.60. The number of alkyl carbamates (subject to hydrolysis) is 2. The van der Waals surface area contributed by atoms with Gasteiger partial charge in [0.1, 0.15) is 31.6 Å². The maximum atomic E-state index is 14.1. The highest BCUT2D eigenvalue weighted by molar-refractivity contribution is 8.03. The van der Waals surface area contributed by atoms with E-state index < -0.39 is 123 Å². The maximum absolute atomic E-state index is 14.1. The molecule has 408 valence electrons. The van der Waals surface area contributed by atoms with Gasteiger partial charge in [0.2, 0.25) is 23.7 Å². The van der Waals surface area contributed by atoms with E-state index in [0.29, 0.717) is 21.6 Å². The number of nitrogens with zero attached hydrogens (tertiary/aromatic N) is 7. The Morgan fingerprint density at radius 2 is 1.25 bits per heavy atom. The summed E-state index contributed by atoms with van der Waals surface area (Å²) in [5.41, 5.74) is 0.327. The topological polar surface area (TPSA) is 395 Å². The van der Waals surface area contributed by atoms with Gasteiger partial charge in [0.15, 0.2) is 0 Å². The number of carboxylic acid groups (broad SMARTS) is 1. The molecule has 4 heterocycles. The number of aliphatic hydroxyl groups excluding tert-OH is 2. The van der Waals surface area contributed by atoms with Crippen molar-refractivity contribution in [2.45, 2.75) is 82.1 Å². The number of rotatable bonds is 19.